The summed E-state index contributed by atoms with van der Waals surface area (Å²) in [5, 5.41) is 3.76. The maximum Gasteiger partial charge on any atom is 0.0996 e. The molecule has 0 N–H and O–H groups in total. The van der Waals surface area contributed by atoms with Gasteiger partial charge in [0.1, 0.15) is 0 Å². The smallest absolute Gasteiger partial charge is 0.0996 e. The number of rotatable bonds is 1. The van der Waals surface area contributed by atoms with Crippen molar-refractivity contribution in [2.24, 2.45) is 0 Å². The molecule has 0 aliphatic carbocycles. The molecule has 44 heavy (non-hydrogen) atoms. The van der Waals surface area contributed by atoms with Crippen LogP contribution in [-0.2, 0) is 0 Å². The third-order valence-corrected chi connectivity index (χ3v) is 8.36. The summed E-state index contributed by atoms with van der Waals surface area (Å²) in [6, 6.07) is 28.3. The highest BCUT2D eigenvalue weighted by Crippen LogP contribution is 2.35. The Balaban J connectivity index is 1.20. The molecule has 0 amide bonds. The van der Waals surface area contributed by atoms with Crippen LogP contribution in [0.25, 0.3) is 98.9 Å². The predicted octanol–water partition coefficient (Wildman–Crippen LogP) is 7.74. The van der Waals surface area contributed by atoms with Gasteiger partial charge in [-0.05, 0) is 83.9 Å². The SMILES string of the molecule is c1cnc2c(c1)c1nc3ccc(-c4ccc5nc6c7cccnc7c7ncccc7c6nc5c4)cc3nc1c1cccnc12. The molecule has 0 aliphatic rings. The molecule has 0 saturated carbocycles. The summed E-state index contributed by atoms with van der Waals surface area (Å²) in [5.41, 5.74) is 11.9. The van der Waals surface area contributed by atoms with Crippen molar-refractivity contribution in [2.75, 3.05) is 0 Å². The Bertz CT molecular complexity index is 2650. The zero-order chi connectivity index (χ0) is 28.8. The van der Waals surface area contributed by atoms with Crippen LogP contribution in [0.3, 0.4) is 0 Å². The largest absolute Gasteiger partial charge is 0.254 e. The quantitative estimate of drug-likeness (QED) is 0.148. The van der Waals surface area contributed by atoms with E-state index < -0.39 is 0 Å². The minimum Gasteiger partial charge on any atom is -0.254 e. The third kappa shape index (κ3) is 3.22. The van der Waals surface area contributed by atoms with E-state index in [2.05, 4.69) is 44.2 Å². The van der Waals surface area contributed by atoms with Crippen LogP contribution in [0, 0.1) is 0 Å². The summed E-state index contributed by atoms with van der Waals surface area (Å²) in [6.07, 6.45) is 7.16. The zero-order valence-corrected chi connectivity index (χ0v) is 23.0. The molecule has 0 unspecified atom stereocenters. The minimum atomic E-state index is 0.809. The lowest BCUT2D eigenvalue weighted by Gasteiger charge is -2.11. The van der Waals surface area contributed by atoms with Crippen LogP contribution in [0.2, 0.25) is 0 Å². The van der Waals surface area contributed by atoms with Gasteiger partial charge in [0.15, 0.2) is 0 Å². The molecule has 10 aromatic rings. The molecule has 6 heterocycles. The lowest BCUT2D eigenvalue weighted by Crippen LogP contribution is -1.95. The van der Waals surface area contributed by atoms with Crippen LogP contribution in [0.5, 0.6) is 0 Å². The van der Waals surface area contributed by atoms with Gasteiger partial charge in [0.25, 0.3) is 0 Å². The van der Waals surface area contributed by atoms with Crippen molar-refractivity contribution in [1.29, 1.82) is 0 Å². The predicted molar refractivity (Wildman–Crippen MR) is 174 cm³/mol. The Labute approximate surface area is 248 Å². The van der Waals surface area contributed by atoms with Gasteiger partial charge in [0, 0.05) is 46.3 Å². The van der Waals surface area contributed by atoms with E-state index in [1.54, 1.807) is 24.8 Å². The number of benzene rings is 4. The topological polar surface area (TPSA) is 103 Å². The van der Waals surface area contributed by atoms with Crippen LogP contribution in [0.4, 0.5) is 0 Å². The minimum absolute atomic E-state index is 0.809. The fourth-order valence-corrected chi connectivity index (χ4v) is 6.36. The van der Waals surface area contributed by atoms with E-state index in [9.17, 15) is 0 Å². The van der Waals surface area contributed by atoms with Crippen LogP contribution in [0.15, 0.2) is 110 Å². The fraction of sp³-hybridized carbons (Fsp3) is 0. The molecule has 0 radical (unpaired) electrons. The standard InChI is InChI=1S/C36H18N8/c1-5-21-29(37-13-1)31-23(7-3-15-39-31)35-33(21)41-25-11-9-19(17-27(25)43-35)20-10-12-26-28(18-20)44-36-24-8-4-16-40-32(24)30-22(34(36)42-26)6-2-14-38-30/h1-18H. The molecule has 0 spiro atoms. The van der Waals surface area contributed by atoms with Crippen molar-refractivity contribution >= 4 is 87.7 Å². The number of fused-ring (bicyclic) bond motifs is 14. The van der Waals surface area contributed by atoms with E-state index >= 15 is 0 Å². The molecule has 8 heteroatoms. The molecule has 4 aromatic carbocycles. The Hall–Kier alpha value is -6.28. The Morgan fingerprint density at radius 1 is 0.295 bits per heavy atom. The maximum atomic E-state index is 5.14. The lowest BCUT2D eigenvalue weighted by atomic mass is 10.0. The number of aromatic nitrogens is 8. The molecule has 0 fully saturated rings. The van der Waals surface area contributed by atoms with Crippen molar-refractivity contribution in [3.63, 3.8) is 0 Å². The van der Waals surface area contributed by atoms with E-state index in [0.29, 0.717) is 0 Å². The highest BCUT2D eigenvalue weighted by Gasteiger charge is 2.16. The van der Waals surface area contributed by atoms with E-state index in [1.165, 1.54) is 0 Å². The van der Waals surface area contributed by atoms with Gasteiger partial charge in [-0.15, -0.1) is 0 Å². The zero-order valence-electron chi connectivity index (χ0n) is 23.0. The monoisotopic (exact) mass is 562 g/mol. The van der Waals surface area contributed by atoms with Crippen molar-refractivity contribution in [3.05, 3.63) is 110 Å². The van der Waals surface area contributed by atoms with Crippen LogP contribution in [0.1, 0.15) is 0 Å². The van der Waals surface area contributed by atoms with Crippen molar-refractivity contribution in [1.82, 2.24) is 39.9 Å². The van der Waals surface area contributed by atoms with E-state index in [1.807, 2.05) is 60.7 Å². The summed E-state index contributed by atoms with van der Waals surface area (Å²) in [4.78, 5) is 38.9. The molecule has 0 aliphatic heterocycles. The van der Waals surface area contributed by atoms with Crippen molar-refractivity contribution in [3.8, 4) is 11.1 Å². The summed E-state index contributed by atoms with van der Waals surface area (Å²) >= 11 is 0. The summed E-state index contributed by atoms with van der Waals surface area (Å²) in [6.45, 7) is 0. The van der Waals surface area contributed by atoms with E-state index in [-0.39, 0.29) is 0 Å². The van der Waals surface area contributed by atoms with Crippen LogP contribution >= 0.6 is 0 Å². The third-order valence-electron chi connectivity index (χ3n) is 8.36. The molecular formula is C36H18N8. The molecular weight excluding hydrogens is 544 g/mol. The van der Waals surface area contributed by atoms with Gasteiger partial charge in [0.05, 0.1) is 66.2 Å². The highest BCUT2D eigenvalue weighted by molar-refractivity contribution is 6.22. The van der Waals surface area contributed by atoms with Gasteiger partial charge in [-0.1, -0.05) is 12.1 Å². The molecule has 8 nitrogen and oxygen atoms in total. The van der Waals surface area contributed by atoms with Gasteiger partial charge in [-0.2, -0.15) is 0 Å². The fourth-order valence-electron chi connectivity index (χ4n) is 6.36. The Kier molecular flexibility index (Phi) is 4.57. The number of hydrogen-bond acceptors (Lipinski definition) is 8. The normalized spacial score (nSPS) is 12.1. The molecule has 10 rings (SSSR count). The lowest BCUT2D eigenvalue weighted by molar-refractivity contribution is 1.36. The first-order chi connectivity index (χ1) is 21.8. The number of hydrogen-bond donors (Lipinski definition) is 0. The number of pyridine rings is 4. The van der Waals surface area contributed by atoms with E-state index in [0.717, 1.165) is 98.9 Å². The summed E-state index contributed by atoms with van der Waals surface area (Å²) < 4.78 is 0. The average molecular weight is 563 g/mol. The summed E-state index contributed by atoms with van der Waals surface area (Å²) in [7, 11) is 0. The molecule has 6 aromatic heterocycles. The summed E-state index contributed by atoms with van der Waals surface area (Å²) in [5.74, 6) is 0. The van der Waals surface area contributed by atoms with Gasteiger partial charge >= 0.3 is 0 Å². The van der Waals surface area contributed by atoms with Crippen LogP contribution < -0.4 is 0 Å². The Morgan fingerprint density at radius 3 is 0.955 bits per heavy atom. The second-order valence-electron chi connectivity index (χ2n) is 10.8. The van der Waals surface area contributed by atoms with Gasteiger partial charge in [-0.25, -0.2) is 19.9 Å². The molecule has 0 atom stereocenters. The van der Waals surface area contributed by atoms with Gasteiger partial charge in [-0.3, -0.25) is 19.9 Å². The first-order valence-corrected chi connectivity index (χ1v) is 14.3. The molecule has 0 saturated heterocycles. The van der Waals surface area contributed by atoms with Gasteiger partial charge < -0.3 is 0 Å². The van der Waals surface area contributed by atoms with E-state index in [4.69, 9.17) is 19.9 Å². The number of nitrogens with zero attached hydrogens (tertiary/aromatic N) is 8. The first-order valence-electron chi connectivity index (χ1n) is 14.3. The average Bonchev–Trinajstić information content (AvgIpc) is 3.10. The van der Waals surface area contributed by atoms with Crippen molar-refractivity contribution < 1.29 is 0 Å². The van der Waals surface area contributed by atoms with Gasteiger partial charge in [0.2, 0.25) is 0 Å². The molecule has 202 valence electrons. The van der Waals surface area contributed by atoms with Crippen molar-refractivity contribution in [2.45, 2.75) is 0 Å². The first kappa shape index (κ1) is 23.3. The second kappa shape index (κ2) is 8.62. The second-order valence-corrected chi connectivity index (χ2v) is 10.8. The van der Waals surface area contributed by atoms with Crippen LogP contribution in [-0.4, -0.2) is 39.9 Å². The maximum absolute atomic E-state index is 5.14. The Morgan fingerprint density at radius 2 is 0.614 bits per heavy atom. The molecule has 0 bridgehead atoms. The highest BCUT2D eigenvalue weighted by atomic mass is 14.8.